The molecule has 0 bridgehead atoms. The molecule has 2 aliphatic rings. The zero-order chi connectivity index (χ0) is 19.7. The van der Waals surface area contributed by atoms with E-state index in [1.165, 1.54) is 0 Å². The van der Waals surface area contributed by atoms with Gasteiger partial charge in [-0.1, -0.05) is 24.3 Å². The number of hydrogen-bond acceptors (Lipinski definition) is 3. The fraction of sp³-hybridized carbons (Fsp3) is 0.391. The van der Waals surface area contributed by atoms with Gasteiger partial charge in [-0.2, -0.15) is 0 Å². The molecule has 1 aliphatic heterocycles. The Morgan fingerprint density at radius 3 is 2.57 bits per heavy atom. The van der Waals surface area contributed by atoms with Gasteiger partial charge in [-0.3, -0.25) is 9.59 Å². The highest BCUT2D eigenvalue weighted by molar-refractivity contribution is 5.95. The summed E-state index contributed by atoms with van der Waals surface area (Å²) in [6.07, 6.45) is 2.47. The lowest BCUT2D eigenvalue weighted by Crippen LogP contribution is -2.38. The minimum absolute atomic E-state index is 0.0401. The first kappa shape index (κ1) is 18.5. The third-order valence-corrected chi connectivity index (χ3v) is 6.23. The average Bonchev–Trinajstić information content (AvgIpc) is 3.16. The first-order valence-corrected chi connectivity index (χ1v) is 9.83. The van der Waals surface area contributed by atoms with Gasteiger partial charge in [-0.15, -0.1) is 0 Å². The van der Waals surface area contributed by atoms with Crippen LogP contribution in [-0.2, 0) is 4.79 Å². The molecular weight excluding hydrogens is 352 g/mol. The van der Waals surface area contributed by atoms with Crippen molar-refractivity contribution in [3.63, 3.8) is 0 Å². The Morgan fingerprint density at radius 1 is 1.07 bits per heavy atom. The van der Waals surface area contributed by atoms with Gasteiger partial charge < -0.3 is 15.0 Å². The van der Waals surface area contributed by atoms with E-state index < -0.39 is 0 Å². The number of nitrogens with zero attached hydrogens (tertiary/aromatic N) is 1. The maximum absolute atomic E-state index is 13.1. The fourth-order valence-electron chi connectivity index (χ4n) is 4.54. The molecule has 1 heterocycles. The molecule has 5 nitrogen and oxygen atoms in total. The molecule has 1 aliphatic carbocycles. The smallest absolute Gasteiger partial charge is 0.253 e. The Balaban J connectivity index is 1.49. The van der Waals surface area contributed by atoms with Crippen LogP contribution in [0.15, 0.2) is 48.5 Å². The van der Waals surface area contributed by atoms with Crippen molar-refractivity contribution < 1.29 is 14.3 Å². The highest BCUT2D eigenvalue weighted by Crippen LogP contribution is 2.38. The van der Waals surface area contributed by atoms with Crippen molar-refractivity contribution in [2.45, 2.75) is 25.3 Å². The number of carbonyl (C=O) groups is 2. The maximum Gasteiger partial charge on any atom is 0.253 e. The van der Waals surface area contributed by atoms with E-state index in [1.807, 2.05) is 60.5 Å². The third kappa shape index (κ3) is 3.61. The third-order valence-electron chi connectivity index (χ3n) is 6.23. The first-order valence-electron chi connectivity index (χ1n) is 9.83. The van der Waals surface area contributed by atoms with Crippen molar-refractivity contribution in [1.29, 1.82) is 0 Å². The van der Waals surface area contributed by atoms with Gasteiger partial charge in [0.1, 0.15) is 5.75 Å². The second kappa shape index (κ2) is 7.66. The van der Waals surface area contributed by atoms with Crippen LogP contribution in [0, 0.1) is 11.8 Å². The number of nitrogens with one attached hydrogen (secondary N) is 1. The van der Waals surface area contributed by atoms with Crippen molar-refractivity contribution in [2.24, 2.45) is 11.8 Å². The molecule has 3 atom stereocenters. The van der Waals surface area contributed by atoms with Gasteiger partial charge in [0, 0.05) is 31.6 Å². The number of ether oxygens (including phenoxy) is 1. The highest BCUT2D eigenvalue weighted by Gasteiger charge is 2.40. The molecule has 0 radical (unpaired) electrons. The van der Waals surface area contributed by atoms with Crippen LogP contribution in [0.5, 0.6) is 5.75 Å². The normalized spacial score (nSPS) is 23.6. The van der Waals surface area contributed by atoms with Gasteiger partial charge in [0.05, 0.1) is 7.11 Å². The summed E-state index contributed by atoms with van der Waals surface area (Å²) in [6, 6.07) is 15.8. The molecular formula is C23H26N2O3. The predicted molar refractivity (Wildman–Crippen MR) is 108 cm³/mol. The van der Waals surface area contributed by atoms with Gasteiger partial charge in [0.2, 0.25) is 5.91 Å². The molecule has 146 valence electrons. The van der Waals surface area contributed by atoms with Crippen LogP contribution in [0.3, 0.4) is 0 Å². The summed E-state index contributed by atoms with van der Waals surface area (Å²) in [4.78, 5) is 26.6. The molecule has 1 saturated carbocycles. The molecule has 2 amide bonds. The lowest BCUT2D eigenvalue weighted by atomic mass is 9.89. The van der Waals surface area contributed by atoms with E-state index in [0.29, 0.717) is 23.8 Å². The Kier molecular flexibility index (Phi) is 5.07. The number of carbonyl (C=O) groups excluding carboxylic acids is 2. The zero-order valence-corrected chi connectivity index (χ0v) is 16.4. The fourth-order valence-corrected chi connectivity index (χ4v) is 4.54. The maximum atomic E-state index is 13.1. The van der Waals surface area contributed by atoms with E-state index in [-0.39, 0.29) is 17.9 Å². The second-order valence-electron chi connectivity index (χ2n) is 7.88. The zero-order valence-electron chi connectivity index (χ0n) is 16.4. The average molecular weight is 378 g/mol. The molecule has 4 rings (SSSR count). The predicted octanol–water partition coefficient (Wildman–Crippen LogP) is 3.35. The Hall–Kier alpha value is -2.82. The molecule has 0 unspecified atom stereocenters. The monoisotopic (exact) mass is 378 g/mol. The SMILES string of the molecule is COc1ccc(-c2cccc(C(=O)N(C)[C@H]3C[C@H]4CNC(=O)C[C@H]4C3)c2)cc1. The first-order chi connectivity index (χ1) is 13.5. The lowest BCUT2D eigenvalue weighted by Gasteiger charge is -2.25. The number of amides is 2. The summed E-state index contributed by atoms with van der Waals surface area (Å²) < 4.78 is 5.22. The van der Waals surface area contributed by atoms with Gasteiger partial charge in [-0.25, -0.2) is 0 Å². The van der Waals surface area contributed by atoms with Crippen LogP contribution in [0.2, 0.25) is 0 Å². The number of hydrogen-bond donors (Lipinski definition) is 1. The second-order valence-corrected chi connectivity index (χ2v) is 7.88. The van der Waals surface area contributed by atoms with E-state index in [9.17, 15) is 9.59 Å². The van der Waals surface area contributed by atoms with E-state index >= 15 is 0 Å². The molecule has 2 fully saturated rings. The minimum atomic E-state index is 0.0401. The van der Waals surface area contributed by atoms with Gasteiger partial charge in [-0.05, 0) is 60.1 Å². The van der Waals surface area contributed by atoms with E-state index in [2.05, 4.69) is 5.32 Å². The van der Waals surface area contributed by atoms with Crippen molar-refractivity contribution >= 4 is 11.8 Å². The van der Waals surface area contributed by atoms with Crippen molar-refractivity contribution in [3.05, 3.63) is 54.1 Å². The van der Waals surface area contributed by atoms with Crippen molar-refractivity contribution in [1.82, 2.24) is 10.2 Å². The summed E-state index contributed by atoms with van der Waals surface area (Å²) in [7, 11) is 3.54. The number of piperidine rings is 1. The van der Waals surface area contributed by atoms with Crippen LogP contribution in [0.1, 0.15) is 29.6 Å². The summed E-state index contributed by atoms with van der Waals surface area (Å²) >= 11 is 0. The molecule has 28 heavy (non-hydrogen) atoms. The number of benzene rings is 2. The molecule has 2 aromatic rings. The van der Waals surface area contributed by atoms with Gasteiger partial charge in [0.15, 0.2) is 0 Å². The van der Waals surface area contributed by atoms with Gasteiger partial charge >= 0.3 is 0 Å². The van der Waals surface area contributed by atoms with Crippen LogP contribution in [0.25, 0.3) is 11.1 Å². The number of methoxy groups -OCH3 is 1. The molecule has 1 saturated heterocycles. The largest absolute Gasteiger partial charge is 0.497 e. The number of fused-ring (bicyclic) bond motifs is 1. The summed E-state index contributed by atoms with van der Waals surface area (Å²) in [5.41, 5.74) is 2.76. The van der Waals surface area contributed by atoms with Crippen LogP contribution in [0.4, 0.5) is 0 Å². The Labute approximate surface area is 165 Å². The highest BCUT2D eigenvalue weighted by atomic mass is 16.5. The Morgan fingerprint density at radius 2 is 1.82 bits per heavy atom. The molecule has 1 N–H and O–H groups in total. The minimum Gasteiger partial charge on any atom is -0.497 e. The van der Waals surface area contributed by atoms with Crippen molar-refractivity contribution in [2.75, 3.05) is 20.7 Å². The van der Waals surface area contributed by atoms with Gasteiger partial charge in [0.25, 0.3) is 5.91 Å². The summed E-state index contributed by atoms with van der Waals surface area (Å²) in [6.45, 7) is 0.745. The van der Waals surface area contributed by atoms with Crippen LogP contribution in [-0.4, -0.2) is 43.5 Å². The van der Waals surface area contributed by atoms with Crippen LogP contribution < -0.4 is 10.1 Å². The van der Waals surface area contributed by atoms with E-state index in [0.717, 1.165) is 36.3 Å². The van der Waals surface area contributed by atoms with E-state index in [1.54, 1.807) is 7.11 Å². The van der Waals surface area contributed by atoms with Crippen molar-refractivity contribution in [3.8, 4) is 16.9 Å². The summed E-state index contributed by atoms with van der Waals surface area (Å²) in [5, 5.41) is 2.96. The summed E-state index contributed by atoms with van der Waals surface area (Å²) in [5.74, 6) is 1.89. The quantitative estimate of drug-likeness (QED) is 0.888. The van der Waals surface area contributed by atoms with E-state index in [4.69, 9.17) is 4.74 Å². The lowest BCUT2D eigenvalue weighted by molar-refractivity contribution is -0.124. The molecule has 2 aromatic carbocycles. The topological polar surface area (TPSA) is 58.6 Å². The van der Waals surface area contributed by atoms with Crippen LogP contribution >= 0.6 is 0 Å². The molecule has 0 spiro atoms. The number of rotatable bonds is 4. The molecule has 0 aromatic heterocycles. The Bertz CT molecular complexity index is 878. The standard InChI is InChI=1S/C23H26N2O3/c1-25(20-11-18-13-22(26)24-14-19(18)12-20)23(27)17-5-3-4-16(10-17)15-6-8-21(28-2)9-7-15/h3-10,18-20H,11-14H2,1-2H3,(H,24,26)/t18-,19+,20-/m1/s1. The molecule has 5 heteroatoms.